The first-order chi connectivity index (χ1) is 27.7. The van der Waals surface area contributed by atoms with E-state index in [-0.39, 0.29) is 41.3 Å². The van der Waals surface area contributed by atoms with E-state index < -0.39 is 41.4 Å². The van der Waals surface area contributed by atoms with E-state index >= 15 is 0 Å². The molecular formula is C42H39N7O8. The van der Waals surface area contributed by atoms with Crippen molar-refractivity contribution in [1.29, 1.82) is 0 Å². The van der Waals surface area contributed by atoms with Crippen LogP contribution in [0.2, 0.25) is 0 Å². The highest BCUT2D eigenvalue weighted by molar-refractivity contribution is 6.20. The number of imide groups is 1. The zero-order chi connectivity index (χ0) is 39.7. The lowest BCUT2D eigenvalue weighted by Gasteiger charge is -2.37. The number of carbonyl (C=O) groups excluding carboxylic acids is 2. The van der Waals surface area contributed by atoms with Crippen molar-refractivity contribution < 1.29 is 33.4 Å². The van der Waals surface area contributed by atoms with Gasteiger partial charge in [-0.1, -0.05) is 66.7 Å². The molecular weight excluding hydrogens is 731 g/mol. The molecule has 2 aromatic heterocycles. The summed E-state index contributed by atoms with van der Waals surface area (Å²) >= 11 is 0. The maximum atomic E-state index is 13.6. The number of hydroxylamine groups is 2. The SMILES string of the molecule is COc1ccc(C(OC[C@H]2O[C@@H](n3cnc4c(=O)[nH]c(N=CN(C)C)nc43)C[C@@H]2ON2C(=O)c3ccccc3C2=O)(c2ccccc2)c2ccc(OC)cc2)cc1. The molecule has 15 nitrogen and oxygen atoms in total. The average molecular weight is 770 g/mol. The van der Waals surface area contributed by atoms with Crippen molar-refractivity contribution in [2.75, 3.05) is 34.9 Å². The minimum absolute atomic E-state index is 0.0753. The molecule has 0 aliphatic carbocycles. The number of nitrogens with one attached hydrogen (secondary N) is 1. The van der Waals surface area contributed by atoms with E-state index in [1.165, 1.54) is 12.7 Å². The van der Waals surface area contributed by atoms with E-state index in [4.69, 9.17) is 23.8 Å². The van der Waals surface area contributed by atoms with Crippen molar-refractivity contribution in [3.05, 3.63) is 148 Å². The predicted molar refractivity (Wildman–Crippen MR) is 209 cm³/mol. The number of H-pyrrole nitrogens is 1. The number of aromatic amines is 1. The van der Waals surface area contributed by atoms with Crippen LogP contribution in [0.25, 0.3) is 11.2 Å². The van der Waals surface area contributed by atoms with Crippen molar-refractivity contribution in [3.8, 4) is 11.5 Å². The highest BCUT2D eigenvalue weighted by Crippen LogP contribution is 2.43. The molecule has 1 N–H and O–H groups in total. The van der Waals surface area contributed by atoms with E-state index in [0.29, 0.717) is 11.5 Å². The van der Waals surface area contributed by atoms with Gasteiger partial charge in [-0.25, -0.2) is 9.98 Å². The fourth-order valence-corrected chi connectivity index (χ4v) is 7.17. The molecule has 1 saturated heterocycles. The molecule has 0 bridgehead atoms. The van der Waals surface area contributed by atoms with Gasteiger partial charge in [-0.3, -0.25) is 28.8 Å². The monoisotopic (exact) mass is 769 g/mol. The molecule has 0 saturated carbocycles. The average Bonchev–Trinajstić information content (AvgIpc) is 3.92. The summed E-state index contributed by atoms with van der Waals surface area (Å²) in [5.41, 5.74) is 1.51. The molecule has 290 valence electrons. The van der Waals surface area contributed by atoms with Crippen molar-refractivity contribution in [2.24, 2.45) is 4.99 Å². The molecule has 4 aromatic carbocycles. The Hall–Kier alpha value is -6.68. The minimum atomic E-state index is -1.21. The summed E-state index contributed by atoms with van der Waals surface area (Å²) in [6.45, 7) is -0.0870. The van der Waals surface area contributed by atoms with Crippen LogP contribution in [0.3, 0.4) is 0 Å². The quantitative estimate of drug-likeness (QED) is 0.0707. The largest absolute Gasteiger partial charge is 0.497 e. The van der Waals surface area contributed by atoms with Crippen LogP contribution in [0.4, 0.5) is 5.95 Å². The lowest BCUT2D eigenvalue weighted by Crippen LogP contribution is -2.42. The van der Waals surface area contributed by atoms with Gasteiger partial charge < -0.3 is 23.8 Å². The number of aliphatic imine (C=N–C) groups is 1. The van der Waals surface area contributed by atoms with E-state index in [0.717, 1.165) is 21.8 Å². The summed E-state index contributed by atoms with van der Waals surface area (Å²) in [4.78, 5) is 64.1. The molecule has 4 heterocycles. The number of carbonyl (C=O) groups is 2. The number of ether oxygens (including phenoxy) is 4. The number of fused-ring (bicyclic) bond motifs is 2. The van der Waals surface area contributed by atoms with Crippen molar-refractivity contribution in [3.63, 3.8) is 0 Å². The summed E-state index contributed by atoms with van der Waals surface area (Å²) in [6.07, 6.45) is 0.522. The maximum absolute atomic E-state index is 13.6. The molecule has 0 spiro atoms. The number of imidazole rings is 1. The fourth-order valence-electron chi connectivity index (χ4n) is 7.17. The van der Waals surface area contributed by atoms with Crippen LogP contribution in [0.1, 0.15) is 50.1 Å². The highest BCUT2D eigenvalue weighted by atomic mass is 16.7. The number of methoxy groups -OCH3 is 2. The van der Waals surface area contributed by atoms with Crippen LogP contribution in [0, 0.1) is 0 Å². The zero-order valence-electron chi connectivity index (χ0n) is 31.6. The van der Waals surface area contributed by atoms with Crippen LogP contribution in [0.5, 0.6) is 11.5 Å². The van der Waals surface area contributed by atoms with Crippen molar-refractivity contribution in [1.82, 2.24) is 29.5 Å². The first-order valence-corrected chi connectivity index (χ1v) is 18.2. The maximum Gasteiger partial charge on any atom is 0.285 e. The molecule has 2 aliphatic rings. The second-order valence-electron chi connectivity index (χ2n) is 13.7. The second kappa shape index (κ2) is 15.5. The smallest absolute Gasteiger partial charge is 0.285 e. The normalized spacial score (nSPS) is 18.1. The van der Waals surface area contributed by atoms with Gasteiger partial charge in [0, 0.05) is 20.5 Å². The molecule has 0 unspecified atom stereocenters. The van der Waals surface area contributed by atoms with Crippen molar-refractivity contribution in [2.45, 2.75) is 30.5 Å². The van der Waals surface area contributed by atoms with E-state index in [1.54, 1.807) is 62.0 Å². The molecule has 3 atom stereocenters. The summed E-state index contributed by atoms with van der Waals surface area (Å²) in [5.74, 6) is 0.244. The predicted octanol–water partition coefficient (Wildman–Crippen LogP) is 5.25. The molecule has 2 aliphatic heterocycles. The van der Waals surface area contributed by atoms with Crippen LogP contribution >= 0.6 is 0 Å². The van der Waals surface area contributed by atoms with Gasteiger partial charge in [0.15, 0.2) is 11.2 Å². The Morgan fingerprint density at radius 2 is 1.42 bits per heavy atom. The van der Waals surface area contributed by atoms with Gasteiger partial charge in [0.2, 0.25) is 5.95 Å². The summed E-state index contributed by atoms with van der Waals surface area (Å²) in [7, 11) is 6.80. The van der Waals surface area contributed by atoms with Gasteiger partial charge >= 0.3 is 0 Å². The lowest BCUT2D eigenvalue weighted by molar-refractivity contribution is -0.165. The lowest BCUT2D eigenvalue weighted by atomic mass is 9.80. The van der Waals surface area contributed by atoms with Gasteiger partial charge in [-0.15, -0.1) is 5.06 Å². The number of nitrogens with zero attached hydrogens (tertiary/aromatic N) is 6. The Bertz CT molecular complexity index is 2420. The molecule has 0 radical (unpaired) electrons. The van der Waals surface area contributed by atoms with E-state index in [2.05, 4.69) is 19.9 Å². The summed E-state index contributed by atoms with van der Waals surface area (Å²) in [5, 5.41) is 0.786. The van der Waals surface area contributed by atoms with Gasteiger partial charge in [0.05, 0.1) is 44.6 Å². The number of aromatic nitrogens is 4. The first kappa shape index (κ1) is 37.3. The van der Waals surface area contributed by atoms with E-state index in [9.17, 15) is 14.4 Å². The number of rotatable bonds is 13. The number of hydrogen-bond donors (Lipinski definition) is 1. The number of benzene rings is 4. The molecule has 6 aromatic rings. The Labute approximate surface area is 327 Å². The van der Waals surface area contributed by atoms with Gasteiger partial charge in [0.25, 0.3) is 17.4 Å². The highest BCUT2D eigenvalue weighted by Gasteiger charge is 2.47. The molecule has 15 heteroatoms. The number of amides is 2. The zero-order valence-corrected chi connectivity index (χ0v) is 31.6. The van der Waals surface area contributed by atoms with Gasteiger partial charge in [0.1, 0.15) is 35.5 Å². The van der Waals surface area contributed by atoms with Crippen molar-refractivity contribution >= 4 is 35.3 Å². The summed E-state index contributed by atoms with van der Waals surface area (Å²) in [6, 6.07) is 31.6. The Kier molecular flexibility index (Phi) is 10.1. The molecule has 2 amide bonds. The standard InChI is InChI=1S/C42H39N7O8/c1-47(2)24-44-41-45-37-36(38(50)46-41)43-25-48(37)35-22-33(57-49-39(51)31-12-8-9-13-32(31)40(49)52)34(56-35)23-55-42(26-10-6-5-7-11-26,27-14-18-29(53-3)19-15-27)28-16-20-30(54-4)21-17-28/h5-21,24-25,33-35H,22-23H2,1-4H3,(H,45,46,50)/t33-,34+,35+/m0/s1. The van der Waals surface area contributed by atoms with Crippen LogP contribution < -0.4 is 15.0 Å². The minimum Gasteiger partial charge on any atom is -0.497 e. The fraction of sp³-hybridized carbons (Fsp3) is 0.238. The van der Waals surface area contributed by atoms with Crippen LogP contribution in [-0.2, 0) is 19.9 Å². The van der Waals surface area contributed by atoms with Gasteiger partial charge in [-0.05, 0) is 53.1 Å². The third-order valence-electron chi connectivity index (χ3n) is 9.96. The first-order valence-electron chi connectivity index (χ1n) is 18.2. The Morgan fingerprint density at radius 1 is 0.842 bits per heavy atom. The van der Waals surface area contributed by atoms with Crippen LogP contribution in [-0.4, -0.2) is 94.8 Å². The van der Waals surface area contributed by atoms with Crippen LogP contribution in [0.15, 0.2) is 119 Å². The summed E-state index contributed by atoms with van der Waals surface area (Å²) < 4.78 is 26.5. The topological polar surface area (TPSA) is 163 Å². The second-order valence-corrected chi connectivity index (χ2v) is 13.7. The Morgan fingerprint density at radius 3 is 2.00 bits per heavy atom. The molecule has 57 heavy (non-hydrogen) atoms. The van der Waals surface area contributed by atoms with Gasteiger partial charge in [-0.2, -0.15) is 4.98 Å². The molecule has 1 fully saturated rings. The third kappa shape index (κ3) is 6.92. The van der Waals surface area contributed by atoms with E-state index in [1.807, 2.05) is 78.9 Å². The third-order valence-corrected chi connectivity index (χ3v) is 9.96. The number of hydrogen-bond acceptors (Lipinski definition) is 11. The Balaban J connectivity index is 1.20. The molecule has 8 rings (SSSR count).